The maximum Gasteiger partial charge on any atom is 0.119 e. The van der Waals surface area contributed by atoms with Gasteiger partial charge in [0.2, 0.25) is 0 Å². The molecule has 0 radical (unpaired) electrons. The van der Waals surface area contributed by atoms with Crippen LogP contribution in [0, 0.1) is 5.92 Å². The lowest BCUT2D eigenvalue weighted by atomic mass is 9.76. The van der Waals surface area contributed by atoms with Gasteiger partial charge in [-0.05, 0) is 68.6 Å². The number of hydrogen-bond acceptors (Lipinski definition) is 2. The van der Waals surface area contributed by atoms with Gasteiger partial charge in [0.15, 0.2) is 0 Å². The molecule has 2 nitrogen and oxygen atoms in total. The van der Waals surface area contributed by atoms with Crippen molar-refractivity contribution in [1.29, 1.82) is 0 Å². The summed E-state index contributed by atoms with van der Waals surface area (Å²) in [5.41, 5.74) is 7.63. The van der Waals surface area contributed by atoms with Crippen LogP contribution in [0.3, 0.4) is 0 Å². The fraction of sp³-hybridized carbons (Fsp3) is 0.647. The van der Waals surface area contributed by atoms with Crippen molar-refractivity contribution in [3.05, 3.63) is 29.8 Å². The third-order valence-electron chi connectivity index (χ3n) is 4.51. The molecule has 0 bridgehead atoms. The lowest BCUT2D eigenvalue weighted by molar-refractivity contribution is 0.277. The standard InChI is InChI=1S/C17H27NO/c1-3-17(18)15-7-5-13(6-8-15)14-9-11-16(12-10-14)19-4-2/h9-13,15,17H,3-8,18H2,1-2H3. The molecule has 2 heteroatoms. The van der Waals surface area contributed by atoms with E-state index >= 15 is 0 Å². The molecule has 0 aliphatic heterocycles. The van der Waals surface area contributed by atoms with E-state index in [1.54, 1.807) is 0 Å². The van der Waals surface area contributed by atoms with Crippen LogP contribution in [0.1, 0.15) is 57.4 Å². The number of nitrogens with two attached hydrogens (primary N) is 1. The molecule has 1 aliphatic carbocycles. The van der Waals surface area contributed by atoms with E-state index in [1.165, 1.54) is 31.2 Å². The monoisotopic (exact) mass is 261 g/mol. The summed E-state index contributed by atoms with van der Waals surface area (Å²) >= 11 is 0. The van der Waals surface area contributed by atoms with Gasteiger partial charge in [0.1, 0.15) is 5.75 Å². The Morgan fingerprint density at radius 3 is 2.26 bits per heavy atom. The molecule has 1 aliphatic rings. The third kappa shape index (κ3) is 3.73. The third-order valence-corrected chi connectivity index (χ3v) is 4.51. The van der Waals surface area contributed by atoms with Gasteiger partial charge in [0, 0.05) is 6.04 Å². The second-order valence-corrected chi connectivity index (χ2v) is 5.69. The highest BCUT2D eigenvalue weighted by molar-refractivity contribution is 5.29. The maximum atomic E-state index is 6.17. The van der Waals surface area contributed by atoms with E-state index in [9.17, 15) is 0 Å². The van der Waals surface area contributed by atoms with Crippen LogP contribution in [0.5, 0.6) is 5.75 Å². The van der Waals surface area contributed by atoms with Crippen molar-refractivity contribution in [2.75, 3.05) is 6.61 Å². The first-order chi connectivity index (χ1) is 9.24. The number of ether oxygens (including phenoxy) is 1. The minimum Gasteiger partial charge on any atom is -0.494 e. The van der Waals surface area contributed by atoms with E-state index < -0.39 is 0 Å². The Labute approximate surface area is 117 Å². The van der Waals surface area contributed by atoms with Gasteiger partial charge in [-0.2, -0.15) is 0 Å². The largest absolute Gasteiger partial charge is 0.494 e. The normalized spacial score (nSPS) is 25.0. The number of benzene rings is 1. The van der Waals surface area contributed by atoms with Crippen LogP contribution < -0.4 is 10.5 Å². The lowest BCUT2D eigenvalue weighted by Gasteiger charge is -2.32. The molecule has 1 unspecified atom stereocenters. The zero-order valence-electron chi connectivity index (χ0n) is 12.3. The van der Waals surface area contributed by atoms with Crippen LogP contribution in [-0.4, -0.2) is 12.6 Å². The smallest absolute Gasteiger partial charge is 0.119 e. The highest BCUT2D eigenvalue weighted by Gasteiger charge is 2.25. The minimum atomic E-state index is 0.404. The zero-order chi connectivity index (χ0) is 13.7. The molecule has 1 aromatic rings. The molecule has 2 rings (SSSR count). The highest BCUT2D eigenvalue weighted by Crippen LogP contribution is 2.37. The van der Waals surface area contributed by atoms with E-state index in [1.807, 2.05) is 6.92 Å². The fourth-order valence-electron chi connectivity index (χ4n) is 3.22. The fourth-order valence-corrected chi connectivity index (χ4v) is 3.22. The van der Waals surface area contributed by atoms with Crippen LogP contribution in [0.4, 0.5) is 0 Å². The van der Waals surface area contributed by atoms with E-state index in [0.29, 0.717) is 6.04 Å². The second-order valence-electron chi connectivity index (χ2n) is 5.69. The van der Waals surface area contributed by atoms with Crippen LogP contribution in [0.2, 0.25) is 0 Å². The molecule has 0 spiro atoms. The Bertz CT molecular complexity index is 365. The Balaban J connectivity index is 1.90. The average molecular weight is 261 g/mol. The molecular formula is C17H27NO. The molecule has 0 amide bonds. The summed E-state index contributed by atoms with van der Waals surface area (Å²) < 4.78 is 5.49. The summed E-state index contributed by atoms with van der Waals surface area (Å²) in [6.45, 7) is 4.95. The predicted octanol–water partition coefficient (Wildman–Crippen LogP) is 4.10. The zero-order valence-corrected chi connectivity index (χ0v) is 12.3. The van der Waals surface area contributed by atoms with Crippen molar-refractivity contribution in [2.24, 2.45) is 11.7 Å². The summed E-state index contributed by atoms with van der Waals surface area (Å²) in [6, 6.07) is 9.07. The van der Waals surface area contributed by atoms with Crippen LogP contribution in [0.15, 0.2) is 24.3 Å². The summed E-state index contributed by atoms with van der Waals surface area (Å²) in [5.74, 6) is 2.44. The number of hydrogen-bond donors (Lipinski definition) is 1. The molecule has 2 N–H and O–H groups in total. The summed E-state index contributed by atoms with van der Waals surface area (Å²) in [4.78, 5) is 0. The average Bonchev–Trinajstić information content (AvgIpc) is 2.48. The maximum absolute atomic E-state index is 6.17. The van der Waals surface area contributed by atoms with Crippen molar-refractivity contribution < 1.29 is 4.74 Å². The summed E-state index contributed by atoms with van der Waals surface area (Å²) in [6.07, 6.45) is 6.25. The SMILES string of the molecule is CCOc1ccc(C2CCC(C(N)CC)CC2)cc1. The molecule has 0 heterocycles. The van der Waals surface area contributed by atoms with Gasteiger partial charge in [0.05, 0.1) is 6.61 Å². The summed E-state index contributed by atoms with van der Waals surface area (Å²) in [7, 11) is 0. The Morgan fingerprint density at radius 1 is 1.11 bits per heavy atom. The predicted molar refractivity (Wildman–Crippen MR) is 80.6 cm³/mol. The van der Waals surface area contributed by atoms with Gasteiger partial charge in [-0.1, -0.05) is 19.1 Å². The summed E-state index contributed by atoms with van der Waals surface area (Å²) in [5, 5.41) is 0. The first-order valence-electron chi connectivity index (χ1n) is 7.72. The molecule has 19 heavy (non-hydrogen) atoms. The van der Waals surface area contributed by atoms with Gasteiger partial charge < -0.3 is 10.5 Å². The van der Waals surface area contributed by atoms with Crippen molar-refractivity contribution >= 4 is 0 Å². The van der Waals surface area contributed by atoms with Gasteiger partial charge >= 0.3 is 0 Å². The molecule has 0 aromatic heterocycles. The molecule has 0 saturated heterocycles. The Hall–Kier alpha value is -1.02. The second kappa shape index (κ2) is 6.95. The van der Waals surface area contributed by atoms with E-state index in [4.69, 9.17) is 10.5 Å². The Morgan fingerprint density at radius 2 is 1.74 bits per heavy atom. The highest BCUT2D eigenvalue weighted by atomic mass is 16.5. The van der Waals surface area contributed by atoms with Crippen LogP contribution >= 0.6 is 0 Å². The van der Waals surface area contributed by atoms with Gasteiger partial charge in [-0.15, -0.1) is 0 Å². The van der Waals surface area contributed by atoms with Crippen molar-refractivity contribution in [1.82, 2.24) is 0 Å². The number of rotatable bonds is 5. The molecule has 1 fully saturated rings. The molecule has 1 atom stereocenters. The van der Waals surface area contributed by atoms with Crippen molar-refractivity contribution in [3.63, 3.8) is 0 Å². The molecule has 1 saturated carbocycles. The van der Waals surface area contributed by atoms with Crippen LogP contribution in [0.25, 0.3) is 0 Å². The first-order valence-corrected chi connectivity index (χ1v) is 7.72. The van der Waals surface area contributed by atoms with Gasteiger partial charge in [-0.3, -0.25) is 0 Å². The quantitative estimate of drug-likeness (QED) is 0.866. The van der Waals surface area contributed by atoms with E-state index in [0.717, 1.165) is 30.6 Å². The van der Waals surface area contributed by atoms with Gasteiger partial charge in [0.25, 0.3) is 0 Å². The molecule has 1 aromatic carbocycles. The van der Waals surface area contributed by atoms with Crippen molar-refractivity contribution in [2.45, 2.75) is 57.9 Å². The molecule has 106 valence electrons. The van der Waals surface area contributed by atoms with Crippen molar-refractivity contribution in [3.8, 4) is 5.75 Å². The Kier molecular flexibility index (Phi) is 5.26. The van der Waals surface area contributed by atoms with E-state index in [-0.39, 0.29) is 0 Å². The molecular weight excluding hydrogens is 234 g/mol. The topological polar surface area (TPSA) is 35.2 Å². The first kappa shape index (κ1) is 14.4. The van der Waals surface area contributed by atoms with E-state index in [2.05, 4.69) is 31.2 Å². The van der Waals surface area contributed by atoms with Gasteiger partial charge in [-0.25, -0.2) is 0 Å². The van der Waals surface area contributed by atoms with Crippen LogP contribution in [-0.2, 0) is 0 Å². The lowest BCUT2D eigenvalue weighted by Crippen LogP contribution is -2.32. The minimum absolute atomic E-state index is 0.404.